The number of benzene rings is 1. The van der Waals surface area contributed by atoms with Gasteiger partial charge in [-0.1, -0.05) is 13.0 Å². The summed E-state index contributed by atoms with van der Waals surface area (Å²) in [6.45, 7) is 8.67. The molecule has 1 atom stereocenters. The zero-order chi connectivity index (χ0) is 20.1. The Morgan fingerprint density at radius 3 is 2.72 bits per heavy atom. The Morgan fingerprint density at radius 1 is 1.07 bits per heavy atom. The van der Waals surface area contributed by atoms with Crippen molar-refractivity contribution in [1.29, 1.82) is 0 Å². The van der Waals surface area contributed by atoms with Gasteiger partial charge in [0.1, 0.15) is 0 Å². The van der Waals surface area contributed by atoms with Crippen molar-refractivity contribution in [2.24, 2.45) is 0 Å². The summed E-state index contributed by atoms with van der Waals surface area (Å²) < 4.78 is 1.26. The van der Waals surface area contributed by atoms with Crippen LogP contribution in [0.25, 0.3) is 10.2 Å². The number of anilines is 1. The van der Waals surface area contributed by atoms with Crippen molar-refractivity contribution in [1.82, 2.24) is 19.9 Å². The van der Waals surface area contributed by atoms with Crippen molar-refractivity contribution in [2.45, 2.75) is 44.0 Å². The predicted molar refractivity (Wildman–Crippen MR) is 124 cm³/mol. The third-order valence-corrected chi connectivity index (χ3v) is 7.50. The highest BCUT2D eigenvalue weighted by atomic mass is 32.2. The monoisotopic (exact) mass is 427 g/mol. The van der Waals surface area contributed by atoms with E-state index in [2.05, 4.69) is 56.8 Å². The Bertz CT molecular complexity index is 911. The van der Waals surface area contributed by atoms with Gasteiger partial charge < -0.3 is 4.90 Å². The van der Waals surface area contributed by atoms with Crippen LogP contribution in [-0.4, -0.2) is 51.8 Å². The maximum Gasteiger partial charge on any atom is 0.225 e. The largest absolute Gasteiger partial charge is 0.340 e. The summed E-state index contributed by atoms with van der Waals surface area (Å²) in [5.41, 5.74) is 4.39. The van der Waals surface area contributed by atoms with Crippen LogP contribution in [0.2, 0.25) is 0 Å². The number of thiazole rings is 1. The van der Waals surface area contributed by atoms with Gasteiger partial charge in [0.05, 0.1) is 15.7 Å². The van der Waals surface area contributed by atoms with E-state index in [-0.39, 0.29) is 0 Å². The molecule has 7 heteroatoms. The normalized spacial score (nSPS) is 17.2. The van der Waals surface area contributed by atoms with Gasteiger partial charge in [0.15, 0.2) is 0 Å². The van der Waals surface area contributed by atoms with Gasteiger partial charge in [-0.3, -0.25) is 4.90 Å². The number of rotatable bonds is 6. The number of nitrogens with zero attached hydrogens (tertiary/aromatic N) is 5. The lowest BCUT2D eigenvalue weighted by molar-refractivity contribution is 0.203. The fourth-order valence-electron chi connectivity index (χ4n) is 3.79. The number of aromatic nitrogens is 3. The van der Waals surface area contributed by atoms with Crippen molar-refractivity contribution in [3.63, 3.8) is 0 Å². The van der Waals surface area contributed by atoms with Gasteiger partial charge in [-0.2, -0.15) is 0 Å². The molecule has 1 unspecified atom stereocenters. The van der Waals surface area contributed by atoms with Crippen LogP contribution in [0.4, 0.5) is 5.95 Å². The molecule has 1 aliphatic heterocycles. The molecule has 1 aliphatic rings. The Balaban J connectivity index is 1.42. The number of hydrogen-bond acceptors (Lipinski definition) is 7. The number of thioether (sulfide) groups is 1. The van der Waals surface area contributed by atoms with E-state index >= 15 is 0 Å². The summed E-state index contributed by atoms with van der Waals surface area (Å²) >= 11 is 3.54. The molecular weight excluding hydrogens is 398 g/mol. The van der Waals surface area contributed by atoms with E-state index in [1.54, 1.807) is 11.3 Å². The Kier molecular flexibility index (Phi) is 7.00. The van der Waals surface area contributed by atoms with Crippen molar-refractivity contribution in [3.8, 4) is 0 Å². The molecule has 0 N–H and O–H groups in total. The van der Waals surface area contributed by atoms with Gasteiger partial charge in [0.25, 0.3) is 0 Å². The first-order chi connectivity index (χ1) is 14.2. The molecule has 1 aromatic carbocycles. The summed E-state index contributed by atoms with van der Waals surface area (Å²) in [7, 11) is 0. The summed E-state index contributed by atoms with van der Waals surface area (Å²) in [5.74, 6) is 1.98. The first kappa shape index (κ1) is 20.6. The summed E-state index contributed by atoms with van der Waals surface area (Å²) in [5, 5.41) is 0. The molecule has 4 rings (SSSR count). The smallest absolute Gasteiger partial charge is 0.225 e. The van der Waals surface area contributed by atoms with Crippen LogP contribution in [0, 0.1) is 0 Å². The highest BCUT2D eigenvalue weighted by Gasteiger charge is 2.20. The third-order valence-electron chi connectivity index (χ3n) is 5.54. The molecule has 1 saturated heterocycles. The minimum Gasteiger partial charge on any atom is -0.340 e. The van der Waals surface area contributed by atoms with Crippen molar-refractivity contribution < 1.29 is 0 Å². The average molecular weight is 428 g/mol. The maximum absolute atomic E-state index is 4.65. The van der Waals surface area contributed by atoms with Gasteiger partial charge in [-0.25, -0.2) is 15.0 Å². The molecule has 0 aliphatic carbocycles. The Hall–Kier alpha value is -1.70. The second kappa shape index (κ2) is 9.87. The van der Waals surface area contributed by atoms with Gasteiger partial charge in [0.2, 0.25) is 5.95 Å². The SMILES string of the molecule is CCCSc1cnc(N2CCCCN(C(C)c3ccc4scnc4c3)CC2)nc1. The van der Waals surface area contributed by atoms with Crippen LogP contribution in [0.15, 0.2) is 41.0 Å². The summed E-state index contributed by atoms with van der Waals surface area (Å²) in [6.07, 6.45) is 7.49. The quantitative estimate of drug-likeness (QED) is 0.501. The Labute approximate surface area is 181 Å². The lowest BCUT2D eigenvalue weighted by Gasteiger charge is -2.34. The van der Waals surface area contributed by atoms with Gasteiger partial charge in [-0.15, -0.1) is 23.1 Å². The van der Waals surface area contributed by atoms with E-state index in [4.69, 9.17) is 0 Å². The van der Waals surface area contributed by atoms with Crippen LogP contribution in [-0.2, 0) is 0 Å². The van der Waals surface area contributed by atoms with E-state index in [0.29, 0.717) is 6.04 Å². The minimum absolute atomic E-state index is 0.384. The molecule has 0 bridgehead atoms. The van der Waals surface area contributed by atoms with E-state index in [1.807, 2.05) is 29.7 Å². The van der Waals surface area contributed by atoms with Gasteiger partial charge in [-0.05, 0) is 56.2 Å². The molecule has 1 fully saturated rings. The molecule has 2 aromatic heterocycles. The molecular formula is C22H29N5S2. The van der Waals surface area contributed by atoms with Crippen molar-refractivity contribution in [3.05, 3.63) is 41.7 Å². The minimum atomic E-state index is 0.384. The van der Waals surface area contributed by atoms with Gasteiger partial charge in [0, 0.05) is 43.0 Å². The highest BCUT2D eigenvalue weighted by molar-refractivity contribution is 7.99. The zero-order valence-electron chi connectivity index (χ0n) is 17.3. The molecule has 29 heavy (non-hydrogen) atoms. The molecule has 0 radical (unpaired) electrons. The van der Waals surface area contributed by atoms with E-state index in [9.17, 15) is 0 Å². The van der Waals surface area contributed by atoms with Crippen LogP contribution in [0.3, 0.4) is 0 Å². The van der Waals surface area contributed by atoms with E-state index < -0.39 is 0 Å². The fraction of sp³-hybridized carbons (Fsp3) is 0.500. The van der Waals surface area contributed by atoms with Crippen molar-refractivity contribution in [2.75, 3.05) is 36.8 Å². The zero-order valence-corrected chi connectivity index (χ0v) is 18.9. The fourth-order valence-corrected chi connectivity index (χ4v) is 5.14. The molecule has 0 saturated carbocycles. The number of hydrogen-bond donors (Lipinski definition) is 0. The molecule has 3 heterocycles. The van der Waals surface area contributed by atoms with Crippen LogP contribution in [0.1, 0.15) is 44.7 Å². The predicted octanol–water partition coefficient (Wildman–Crippen LogP) is 5.25. The van der Waals surface area contributed by atoms with Gasteiger partial charge >= 0.3 is 0 Å². The first-order valence-electron chi connectivity index (χ1n) is 10.5. The van der Waals surface area contributed by atoms with Crippen LogP contribution >= 0.6 is 23.1 Å². The second-order valence-electron chi connectivity index (χ2n) is 7.55. The first-order valence-corrected chi connectivity index (χ1v) is 12.4. The molecule has 0 amide bonds. The van der Waals surface area contributed by atoms with Crippen LogP contribution < -0.4 is 4.90 Å². The molecule has 154 valence electrons. The van der Waals surface area contributed by atoms with Crippen LogP contribution in [0.5, 0.6) is 0 Å². The van der Waals surface area contributed by atoms with E-state index in [1.165, 1.54) is 29.5 Å². The molecule has 0 spiro atoms. The lowest BCUT2D eigenvalue weighted by atomic mass is 10.1. The topological polar surface area (TPSA) is 45.2 Å². The molecule has 5 nitrogen and oxygen atoms in total. The Morgan fingerprint density at radius 2 is 1.90 bits per heavy atom. The van der Waals surface area contributed by atoms with Crippen molar-refractivity contribution >= 4 is 39.3 Å². The summed E-state index contributed by atoms with van der Waals surface area (Å²) in [6, 6.07) is 7.11. The van der Waals surface area contributed by atoms with E-state index in [0.717, 1.165) is 48.3 Å². The lowest BCUT2D eigenvalue weighted by Crippen LogP contribution is -2.40. The standard InChI is InChI=1S/C22H29N5S2/c1-3-12-28-19-14-23-22(24-15-19)27-9-5-4-8-26(10-11-27)17(2)18-6-7-21-20(13-18)25-16-29-21/h6-7,13-17H,3-5,8-12H2,1-2H3. The third kappa shape index (κ3) is 5.08. The maximum atomic E-state index is 4.65. The molecule has 3 aromatic rings. The number of fused-ring (bicyclic) bond motifs is 1. The highest BCUT2D eigenvalue weighted by Crippen LogP contribution is 2.27. The summed E-state index contributed by atoms with van der Waals surface area (Å²) in [4.78, 5) is 19.9. The second-order valence-corrected chi connectivity index (χ2v) is 9.61. The average Bonchev–Trinajstić information content (AvgIpc) is 3.20.